The predicted octanol–water partition coefficient (Wildman–Crippen LogP) is 4.70. The zero-order valence-electron chi connectivity index (χ0n) is 20.8. The number of aromatic nitrogens is 1. The molecule has 184 valence electrons. The Bertz CT molecular complexity index is 1260. The van der Waals surface area contributed by atoms with E-state index < -0.39 is 11.6 Å². The molecule has 7 nitrogen and oxygen atoms in total. The molecule has 0 bridgehead atoms. The molecule has 0 unspecified atom stereocenters. The fourth-order valence-electron chi connectivity index (χ4n) is 4.94. The van der Waals surface area contributed by atoms with Crippen LogP contribution in [0.25, 0.3) is 10.1 Å². The first-order valence-corrected chi connectivity index (χ1v) is 13.0. The highest BCUT2D eigenvalue weighted by Gasteiger charge is 2.38. The molecular formula is C27H32N4O3S. The van der Waals surface area contributed by atoms with E-state index in [0.717, 1.165) is 43.2 Å². The SMILES string of the molecule is CC[C@@H](C(=O)OC(C)(C)C)N1Cc2cc(N3CCN(c4nsc5ccccc45)CC3)ccc2C1=O. The van der Waals surface area contributed by atoms with Gasteiger partial charge in [0.15, 0.2) is 0 Å². The number of rotatable bonds is 5. The number of piperazine rings is 1. The smallest absolute Gasteiger partial charge is 0.329 e. The van der Waals surface area contributed by atoms with Crippen LogP contribution in [0, 0.1) is 0 Å². The number of ether oxygens (including phenoxy) is 1. The Morgan fingerprint density at radius 3 is 2.51 bits per heavy atom. The molecule has 1 saturated heterocycles. The summed E-state index contributed by atoms with van der Waals surface area (Å²) >= 11 is 1.55. The van der Waals surface area contributed by atoms with Crippen LogP contribution in [0.4, 0.5) is 11.5 Å². The summed E-state index contributed by atoms with van der Waals surface area (Å²) in [5.74, 6) is 0.643. The van der Waals surface area contributed by atoms with Crippen LogP contribution >= 0.6 is 11.5 Å². The molecule has 3 aromatic rings. The first-order valence-electron chi connectivity index (χ1n) is 12.3. The van der Waals surface area contributed by atoms with Crippen LogP contribution in [0.5, 0.6) is 0 Å². The van der Waals surface area contributed by atoms with E-state index in [1.807, 2.05) is 39.8 Å². The number of benzene rings is 2. The van der Waals surface area contributed by atoms with Crippen molar-refractivity contribution in [1.29, 1.82) is 0 Å². The molecule has 1 amide bonds. The fraction of sp³-hybridized carbons (Fsp3) is 0.444. The molecule has 0 spiro atoms. The van der Waals surface area contributed by atoms with E-state index in [1.54, 1.807) is 16.4 Å². The average Bonchev–Trinajstić information content (AvgIpc) is 3.40. The quantitative estimate of drug-likeness (QED) is 0.481. The molecular weight excluding hydrogens is 460 g/mol. The van der Waals surface area contributed by atoms with E-state index in [4.69, 9.17) is 9.11 Å². The topological polar surface area (TPSA) is 66.0 Å². The first-order chi connectivity index (χ1) is 16.7. The molecule has 8 heteroatoms. The zero-order chi connectivity index (χ0) is 24.7. The minimum absolute atomic E-state index is 0.0931. The molecule has 3 heterocycles. The van der Waals surface area contributed by atoms with Crippen LogP contribution in [-0.2, 0) is 16.1 Å². The molecule has 1 aromatic heterocycles. The maximum atomic E-state index is 13.1. The average molecular weight is 493 g/mol. The van der Waals surface area contributed by atoms with Gasteiger partial charge in [-0.25, -0.2) is 4.79 Å². The van der Waals surface area contributed by atoms with Gasteiger partial charge >= 0.3 is 5.97 Å². The summed E-state index contributed by atoms with van der Waals surface area (Å²) in [5.41, 5.74) is 2.19. The van der Waals surface area contributed by atoms with Gasteiger partial charge in [-0.05, 0) is 74.6 Å². The van der Waals surface area contributed by atoms with Gasteiger partial charge in [-0.15, -0.1) is 0 Å². The predicted molar refractivity (Wildman–Crippen MR) is 140 cm³/mol. The summed E-state index contributed by atoms with van der Waals surface area (Å²) in [7, 11) is 0. The second kappa shape index (κ2) is 9.15. The molecule has 0 saturated carbocycles. The summed E-state index contributed by atoms with van der Waals surface area (Å²) in [6, 6.07) is 13.9. The summed E-state index contributed by atoms with van der Waals surface area (Å²) in [6.07, 6.45) is 0.523. The number of nitrogens with zero attached hydrogens (tertiary/aromatic N) is 4. The van der Waals surface area contributed by atoms with Crippen molar-refractivity contribution in [3.8, 4) is 0 Å². The molecule has 2 aliphatic rings. The number of hydrogen-bond acceptors (Lipinski definition) is 7. The third-order valence-corrected chi connectivity index (χ3v) is 7.48. The minimum Gasteiger partial charge on any atom is -0.458 e. The van der Waals surface area contributed by atoms with Crippen molar-refractivity contribution in [2.75, 3.05) is 36.0 Å². The number of fused-ring (bicyclic) bond motifs is 2. The maximum Gasteiger partial charge on any atom is 0.329 e. The van der Waals surface area contributed by atoms with Gasteiger partial charge in [0.2, 0.25) is 0 Å². The van der Waals surface area contributed by atoms with Crippen LogP contribution < -0.4 is 9.80 Å². The van der Waals surface area contributed by atoms with Gasteiger partial charge in [0.1, 0.15) is 17.5 Å². The third kappa shape index (κ3) is 4.59. The number of hydrogen-bond donors (Lipinski definition) is 0. The van der Waals surface area contributed by atoms with Gasteiger partial charge in [0, 0.05) is 49.4 Å². The van der Waals surface area contributed by atoms with Crippen molar-refractivity contribution in [1.82, 2.24) is 9.27 Å². The molecule has 35 heavy (non-hydrogen) atoms. The summed E-state index contributed by atoms with van der Waals surface area (Å²) < 4.78 is 11.5. The van der Waals surface area contributed by atoms with Crippen molar-refractivity contribution < 1.29 is 14.3 Å². The van der Waals surface area contributed by atoms with Crippen molar-refractivity contribution in [3.05, 3.63) is 53.6 Å². The second-order valence-corrected chi connectivity index (χ2v) is 11.0. The Morgan fingerprint density at radius 2 is 1.80 bits per heavy atom. The molecule has 0 N–H and O–H groups in total. The lowest BCUT2D eigenvalue weighted by atomic mass is 10.1. The molecule has 5 rings (SSSR count). The van der Waals surface area contributed by atoms with Gasteiger partial charge in [0.05, 0.1) is 4.70 Å². The lowest BCUT2D eigenvalue weighted by Gasteiger charge is -2.36. The van der Waals surface area contributed by atoms with Gasteiger partial charge < -0.3 is 19.4 Å². The number of carbonyl (C=O) groups is 2. The standard InChI is InChI=1S/C27H32N4O3S/c1-5-22(26(33)34-27(2,3)4)31-17-18-16-19(10-11-20(18)25(31)32)29-12-14-30(15-13-29)24-21-8-6-7-9-23(21)35-28-24/h6-11,16,22H,5,12-15,17H2,1-4H3/t22-/m0/s1. The van der Waals surface area contributed by atoms with E-state index in [1.165, 1.54) is 10.1 Å². The molecule has 2 aromatic carbocycles. The monoisotopic (exact) mass is 492 g/mol. The minimum atomic E-state index is -0.583. The van der Waals surface area contributed by atoms with E-state index in [2.05, 4.69) is 40.1 Å². The summed E-state index contributed by atoms with van der Waals surface area (Å²) in [4.78, 5) is 32.3. The van der Waals surface area contributed by atoms with E-state index in [9.17, 15) is 9.59 Å². The number of anilines is 2. The van der Waals surface area contributed by atoms with E-state index >= 15 is 0 Å². The lowest BCUT2D eigenvalue weighted by molar-refractivity contribution is -0.160. The molecule has 2 aliphatic heterocycles. The van der Waals surface area contributed by atoms with Gasteiger partial charge in [-0.2, -0.15) is 4.37 Å². The van der Waals surface area contributed by atoms with Gasteiger partial charge in [-0.1, -0.05) is 19.1 Å². The number of amides is 1. The largest absolute Gasteiger partial charge is 0.458 e. The molecule has 1 atom stereocenters. The van der Waals surface area contributed by atoms with Crippen LogP contribution in [0.15, 0.2) is 42.5 Å². The van der Waals surface area contributed by atoms with E-state index in [0.29, 0.717) is 18.5 Å². The number of carbonyl (C=O) groups excluding carboxylic acids is 2. The lowest BCUT2D eigenvalue weighted by Crippen LogP contribution is -2.46. The molecule has 0 radical (unpaired) electrons. The van der Waals surface area contributed by atoms with Gasteiger partial charge in [0.25, 0.3) is 5.91 Å². The summed E-state index contributed by atoms with van der Waals surface area (Å²) in [5, 5.41) is 1.22. The normalized spacial score (nSPS) is 17.1. The Kier molecular flexibility index (Phi) is 6.17. The summed E-state index contributed by atoms with van der Waals surface area (Å²) in [6.45, 7) is 11.5. The second-order valence-electron chi connectivity index (χ2n) is 10.2. The molecule has 0 aliphatic carbocycles. The highest BCUT2D eigenvalue weighted by atomic mass is 32.1. The molecule has 1 fully saturated rings. The first kappa shape index (κ1) is 23.6. The van der Waals surface area contributed by atoms with Crippen LogP contribution in [0.2, 0.25) is 0 Å². The Balaban J connectivity index is 1.28. The number of esters is 1. The highest BCUT2D eigenvalue weighted by molar-refractivity contribution is 7.13. The third-order valence-electron chi connectivity index (χ3n) is 6.67. The fourth-order valence-corrected chi connectivity index (χ4v) is 5.73. The van der Waals surface area contributed by atoms with E-state index in [-0.39, 0.29) is 11.9 Å². The van der Waals surface area contributed by atoms with Crippen molar-refractivity contribution in [2.45, 2.75) is 52.3 Å². The van der Waals surface area contributed by atoms with Crippen LogP contribution in [-0.4, -0.2) is 59.0 Å². The van der Waals surface area contributed by atoms with Crippen LogP contribution in [0.3, 0.4) is 0 Å². The Morgan fingerprint density at radius 1 is 1.09 bits per heavy atom. The highest BCUT2D eigenvalue weighted by Crippen LogP contribution is 2.33. The van der Waals surface area contributed by atoms with Crippen molar-refractivity contribution in [2.24, 2.45) is 0 Å². The Labute approximate surface area is 210 Å². The zero-order valence-corrected chi connectivity index (χ0v) is 21.6. The van der Waals surface area contributed by atoms with Crippen molar-refractivity contribution in [3.63, 3.8) is 0 Å². The maximum absolute atomic E-state index is 13.1. The van der Waals surface area contributed by atoms with Gasteiger partial charge in [-0.3, -0.25) is 4.79 Å². The van der Waals surface area contributed by atoms with Crippen molar-refractivity contribution >= 4 is 45.0 Å². The Hall–Kier alpha value is -3.13. The van der Waals surface area contributed by atoms with Crippen LogP contribution in [0.1, 0.15) is 50.0 Å².